The molecule has 1 aromatic rings. The topological polar surface area (TPSA) is 66.0 Å². The number of hydrogen-bond acceptors (Lipinski definition) is 2. The van der Waals surface area contributed by atoms with Crippen LogP contribution in [0.25, 0.3) is 5.57 Å². The van der Waals surface area contributed by atoms with Crippen molar-refractivity contribution in [1.82, 2.24) is 10.2 Å². The maximum atomic E-state index is 12.3. The first kappa shape index (κ1) is 11.3. The summed E-state index contributed by atoms with van der Waals surface area (Å²) in [5.74, 6) is -1.30. The Morgan fingerprint density at radius 3 is 2.67 bits per heavy atom. The van der Waals surface area contributed by atoms with E-state index < -0.39 is 17.8 Å². The predicted molar refractivity (Wildman–Crippen MR) is 44.9 cm³/mol. The number of aliphatic carboxylic acids is 1. The maximum absolute atomic E-state index is 12.3. The zero-order valence-electron chi connectivity index (χ0n) is 7.59. The van der Waals surface area contributed by atoms with Crippen LogP contribution in [0.2, 0.25) is 0 Å². The van der Waals surface area contributed by atoms with Gasteiger partial charge in [0.2, 0.25) is 0 Å². The molecule has 1 rings (SSSR count). The number of rotatable bonds is 2. The Morgan fingerprint density at radius 2 is 2.20 bits per heavy atom. The summed E-state index contributed by atoms with van der Waals surface area (Å²) in [5.41, 5.74) is -1.31. The van der Waals surface area contributed by atoms with Gasteiger partial charge >= 0.3 is 12.1 Å². The molecule has 0 unspecified atom stereocenters. The standard InChI is InChI=1S/C8H7F3N2O2/c1-4(2-6(14)15)5-3-12-13-7(5)8(9,10)11/h2-3H,1H3,(H,12,13)(H,14,15)/b4-2+. The summed E-state index contributed by atoms with van der Waals surface area (Å²) >= 11 is 0. The van der Waals surface area contributed by atoms with Crippen molar-refractivity contribution in [3.05, 3.63) is 23.5 Å². The number of allylic oxidation sites excluding steroid dienone is 1. The summed E-state index contributed by atoms with van der Waals surface area (Å²) in [4.78, 5) is 10.3. The molecule has 0 aliphatic rings. The molecule has 4 nitrogen and oxygen atoms in total. The van der Waals surface area contributed by atoms with E-state index in [0.717, 1.165) is 6.20 Å². The number of carboxylic acid groups (broad SMARTS) is 1. The Morgan fingerprint density at radius 1 is 1.60 bits per heavy atom. The Hall–Kier alpha value is -1.79. The van der Waals surface area contributed by atoms with E-state index in [0.29, 0.717) is 6.08 Å². The van der Waals surface area contributed by atoms with Crippen molar-refractivity contribution < 1.29 is 23.1 Å². The minimum Gasteiger partial charge on any atom is -0.478 e. The summed E-state index contributed by atoms with van der Waals surface area (Å²) < 4.78 is 37.0. The Bertz CT molecular complexity index is 406. The van der Waals surface area contributed by atoms with E-state index in [1.54, 1.807) is 5.10 Å². The van der Waals surface area contributed by atoms with Crippen LogP contribution in [0.4, 0.5) is 13.2 Å². The van der Waals surface area contributed by atoms with E-state index in [1.807, 2.05) is 0 Å². The van der Waals surface area contributed by atoms with Gasteiger partial charge in [-0.3, -0.25) is 5.10 Å². The van der Waals surface area contributed by atoms with Crippen LogP contribution in [0, 0.1) is 0 Å². The molecule has 0 amide bonds. The molecule has 2 N–H and O–H groups in total. The second-order valence-corrected chi connectivity index (χ2v) is 2.82. The summed E-state index contributed by atoms with van der Waals surface area (Å²) in [6.45, 7) is 1.27. The second-order valence-electron chi connectivity index (χ2n) is 2.82. The molecule has 0 atom stereocenters. The van der Waals surface area contributed by atoms with Crippen LogP contribution in [-0.4, -0.2) is 21.3 Å². The predicted octanol–water partition coefficient (Wildman–Crippen LogP) is 1.92. The zero-order chi connectivity index (χ0) is 11.6. The fourth-order valence-electron chi connectivity index (χ4n) is 1.06. The Balaban J connectivity index is 3.17. The van der Waals surface area contributed by atoms with Gasteiger partial charge in [-0.2, -0.15) is 18.3 Å². The van der Waals surface area contributed by atoms with E-state index in [-0.39, 0.29) is 11.1 Å². The molecule has 7 heteroatoms. The number of carboxylic acids is 1. The van der Waals surface area contributed by atoms with Crippen LogP contribution in [0.1, 0.15) is 18.2 Å². The normalized spacial score (nSPS) is 12.9. The molecule has 1 aromatic heterocycles. The summed E-state index contributed by atoms with van der Waals surface area (Å²) in [6, 6.07) is 0. The lowest BCUT2D eigenvalue weighted by molar-refractivity contribution is -0.141. The minimum atomic E-state index is -4.57. The van der Waals surface area contributed by atoms with Crippen LogP contribution in [-0.2, 0) is 11.0 Å². The SMILES string of the molecule is C/C(=C\C(=O)O)c1cn[nH]c1C(F)(F)F. The number of nitrogens with one attached hydrogen (secondary N) is 1. The van der Waals surface area contributed by atoms with Gasteiger partial charge in [0.15, 0.2) is 0 Å². The second kappa shape index (κ2) is 3.76. The molecule has 0 bridgehead atoms. The van der Waals surface area contributed by atoms with E-state index in [9.17, 15) is 18.0 Å². The summed E-state index contributed by atoms with van der Waals surface area (Å²) in [7, 11) is 0. The highest BCUT2D eigenvalue weighted by atomic mass is 19.4. The highest BCUT2D eigenvalue weighted by Crippen LogP contribution is 2.32. The molecular formula is C8H7F3N2O2. The quantitative estimate of drug-likeness (QED) is 0.748. The molecule has 82 valence electrons. The number of halogens is 3. The van der Waals surface area contributed by atoms with Gasteiger partial charge in [-0.25, -0.2) is 4.79 Å². The number of aromatic amines is 1. The molecule has 0 fully saturated rings. The molecule has 0 aliphatic carbocycles. The third kappa shape index (κ3) is 2.58. The highest BCUT2D eigenvalue weighted by molar-refractivity contribution is 5.89. The molecule has 0 saturated heterocycles. The van der Waals surface area contributed by atoms with E-state index >= 15 is 0 Å². The van der Waals surface area contributed by atoms with Crippen LogP contribution in [0.3, 0.4) is 0 Å². The van der Waals surface area contributed by atoms with Crippen LogP contribution >= 0.6 is 0 Å². The average molecular weight is 220 g/mol. The van der Waals surface area contributed by atoms with Crippen molar-refractivity contribution in [3.8, 4) is 0 Å². The van der Waals surface area contributed by atoms with Crippen molar-refractivity contribution >= 4 is 11.5 Å². The number of hydrogen-bond donors (Lipinski definition) is 2. The lowest BCUT2D eigenvalue weighted by Gasteiger charge is -2.06. The van der Waals surface area contributed by atoms with Gasteiger partial charge in [-0.15, -0.1) is 0 Å². The number of carbonyl (C=O) groups is 1. The molecule has 0 saturated carbocycles. The molecule has 0 aromatic carbocycles. The van der Waals surface area contributed by atoms with Crippen molar-refractivity contribution in [1.29, 1.82) is 0 Å². The first-order valence-corrected chi connectivity index (χ1v) is 3.84. The largest absolute Gasteiger partial charge is 0.478 e. The van der Waals surface area contributed by atoms with E-state index in [4.69, 9.17) is 5.11 Å². The number of aromatic nitrogens is 2. The monoisotopic (exact) mass is 220 g/mol. The molecule has 15 heavy (non-hydrogen) atoms. The molecular weight excluding hydrogens is 213 g/mol. The Kier molecular flexibility index (Phi) is 2.83. The number of H-pyrrole nitrogens is 1. The first-order valence-electron chi connectivity index (χ1n) is 3.84. The lowest BCUT2D eigenvalue weighted by atomic mass is 10.1. The fraction of sp³-hybridized carbons (Fsp3) is 0.250. The summed E-state index contributed by atoms with van der Waals surface area (Å²) in [6.07, 6.45) is -2.93. The first-order chi connectivity index (χ1) is 6.82. The maximum Gasteiger partial charge on any atom is 0.433 e. The van der Waals surface area contributed by atoms with Crippen LogP contribution in [0.5, 0.6) is 0 Å². The van der Waals surface area contributed by atoms with Gasteiger partial charge in [0.05, 0.1) is 6.20 Å². The van der Waals surface area contributed by atoms with Crippen molar-refractivity contribution in [2.24, 2.45) is 0 Å². The number of nitrogens with zero attached hydrogens (tertiary/aromatic N) is 1. The molecule has 0 aliphatic heterocycles. The minimum absolute atomic E-state index is 0.0106. The van der Waals surface area contributed by atoms with Crippen molar-refractivity contribution in [2.75, 3.05) is 0 Å². The third-order valence-corrected chi connectivity index (χ3v) is 1.69. The number of alkyl halides is 3. The molecule has 1 heterocycles. The molecule has 0 spiro atoms. The summed E-state index contributed by atoms with van der Waals surface area (Å²) in [5, 5.41) is 13.4. The van der Waals surface area contributed by atoms with Crippen molar-refractivity contribution in [3.63, 3.8) is 0 Å². The van der Waals surface area contributed by atoms with E-state index in [2.05, 4.69) is 5.10 Å². The van der Waals surface area contributed by atoms with Gasteiger partial charge < -0.3 is 5.11 Å². The van der Waals surface area contributed by atoms with Crippen LogP contribution < -0.4 is 0 Å². The van der Waals surface area contributed by atoms with Gasteiger partial charge in [-0.1, -0.05) is 0 Å². The van der Waals surface area contributed by atoms with Crippen molar-refractivity contribution in [2.45, 2.75) is 13.1 Å². The Labute approximate surface area is 82.4 Å². The van der Waals surface area contributed by atoms with Crippen LogP contribution in [0.15, 0.2) is 12.3 Å². The molecule has 0 radical (unpaired) electrons. The van der Waals surface area contributed by atoms with Gasteiger partial charge in [-0.05, 0) is 12.5 Å². The fourth-order valence-corrected chi connectivity index (χ4v) is 1.06. The lowest BCUT2D eigenvalue weighted by Crippen LogP contribution is -2.08. The van der Waals surface area contributed by atoms with Gasteiger partial charge in [0, 0.05) is 11.6 Å². The smallest absolute Gasteiger partial charge is 0.433 e. The van der Waals surface area contributed by atoms with E-state index in [1.165, 1.54) is 6.92 Å². The van der Waals surface area contributed by atoms with Gasteiger partial charge in [0.25, 0.3) is 0 Å². The third-order valence-electron chi connectivity index (χ3n) is 1.69. The zero-order valence-corrected chi connectivity index (χ0v) is 7.59. The average Bonchev–Trinajstić information content (AvgIpc) is 2.48. The highest BCUT2D eigenvalue weighted by Gasteiger charge is 2.35. The van der Waals surface area contributed by atoms with Gasteiger partial charge in [0.1, 0.15) is 5.69 Å².